The fraction of sp³-hybridized carbons (Fsp3) is 0.800. The number of rotatable bonds is 10. The van der Waals surface area contributed by atoms with Crippen molar-refractivity contribution >= 4 is 5.97 Å². The third-order valence-corrected chi connectivity index (χ3v) is 1.79. The van der Waals surface area contributed by atoms with Gasteiger partial charge in [-0.1, -0.05) is 6.58 Å². The van der Waals surface area contributed by atoms with Gasteiger partial charge in [0, 0.05) is 18.8 Å². The van der Waals surface area contributed by atoms with E-state index < -0.39 is 0 Å². The van der Waals surface area contributed by atoms with E-state index in [1.165, 1.54) is 7.11 Å². The molecule has 0 atom stereocenters. The molecule has 0 unspecified atom stereocenters. The summed E-state index contributed by atoms with van der Waals surface area (Å²) in [5.74, 6) is -0.347. The van der Waals surface area contributed by atoms with Gasteiger partial charge in [0.15, 0.2) is 0 Å². The fourth-order valence-electron chi connectivity index (χ4n) is 0.829. The first-order valence-corrected chi connectivity index (χ1v) is 7.20. The van der Waals surface area contributed by atoms with Crippen molar-refractivity contribution in [1.82, 2.24) is 0 Å². The third kappa shape index (κ3) is 31.4. The van der Waals surface area contributed by atoms with Crippen molar-refractivity contribution in [2.45, 2.75) is 20.8 Å². The Balaban J connectivity index is -0.000000263. The molecule has 0 radical (unpaired) electrons. The molecule has 22 heavy (non-hydrogen) atoms. The molecule has 0 saturated heterocycles. The molecule has 2 N–H and O–H groups in total. The van der Waals surface area contributed by atoms with Crippen molar-refractivity contribution in [3.05, 3.63) is 12.2 Å². The average Bonchev–Trinajstić information content (AvgIpc) is 2.52. The highest BCUT2D eigenvalue weighted by Crippen LogP contribution is 1.87. The van der Waals surface area contributed by atoms with Gasteiger partial charge in [0.25, 0.3) is 0 Å². The first-order chi connectivity index (χ1) is 10.5. The van der Waals surface area contributed by atoms with Crippen LogP contribution in [0.4, 0.5) is 0 Å². The molecule has 7 heteroatoms. The topological polar surface area (TPSA) is 94.5 Å². The van der Waals surface area contributed by atoms with Crippen LogP contribution in [0.5, 0.6) is 0 Å². The molecule has 0 fully saturated rings. The molecule has 0 spiro atoms. The van der Waals surface area contributed by atoms with Crippen LogP contribution in [0.2, 0.25) is 0 Å². The largest absolute Gasteiger partial charge is 0.466 e. The van der Waals surface area contributed by atoms with Crippen LogP contribution in [0.15, 0.2) is 12.2 Å². The zero-order valence-electron chi connectivity index (χ0n) is 14.3. The Kier molecular flexibility index (Phi) is 29.5. The monoisotopic (exact) mass is 324 g/mol. The Labute approximate surface area is 133 Å². The van der Waals surface area contributed by atoms with Crippen LogP contribution in [-0.4, -0.2) is 76.1 Å². The highest BCUT2D eigenvalue weighted by Gasteiger charge is 1.95. The molecule has 0 bridgehead atoms. The minimum atomic E-state index is -0.347. The highest BCUT2D eigenvalue weighted by molar-refractivity contribution is 5.86. The third-order valence-electron chi connectivity index (χ3n) is 1.79. The lowest BCUT2D eigenvalue weighted by molar-refractivity contribution is -0.136. The van der Waals surface area contributed by atoms with Crippen molar-refractivity contribution in [2.75, 3.05) is 60.0 Å². The number of esters is 1. The van der Waals surface area contributed by atoms with E-state index in [1.54, 1.807) is 6.92 Å². The van der Waals surface area contributed by atoms with Crippen LogP contribution >= 0.6 is 0 Å². The zero-order valence-corrected chi connectivity index (χ0v) is 14.3. The smallest absolute Gasteiger partial charge is 0.332 e. The van der Waals surface area contributed by atoms with Crippen LogP contribution in [0, 0.1) is 0 Å². The number of hydrogen-bond acceptors (Lipinski definition) is 7. The van der Waals surface area contributed by atoms with Gasteiger partial charge in [-0.3, -0.25) is 0 Å². The number of aliphatic hydroxyl groups is 2. The minimum absolute atomic E-state index is 0.0417. The van der Waals surface area contributed by atoms with Crippen LogP contribution in [-0.2, 0) is 23.7 Å². The van der Waals surface area contributed by atoms with Crippen molar-refractivity contribution in [1.29, 1.82) is 0 Å². The van der Waals surface area contributed by atoms with Gasteiger partial charge in [0.1, 0.15) is 0 Å². The SMILES string of the molecule is C=C(C)C(=O)OC.CCOCC.OCCOCCOCCO. The number of carbonyl (C=O) groups excluding carboxylic acids is 1. The summed E-state index contributed by atoms with van der Waals surface area (Å²) in [4.78, 5) is 10.2. The molecular weight excluding hydrogens is 292 g/mol. The molecule has 0 aliphatic rings. The van der Waals surface area contributed by atoms with Crippen molar-refractivity contribution < 1.29 is 34.0 Å². The lowest BCUT2D eigenvalue weighted by Gasteiger charge is -2.01. The van der Waals surface area contributed by atoms with Gasteiger partial charge in [0.05, 0.1) is 46.8 Å². The van der Waals surface area contributed by atoms with Gasteiger partial charge >= 0.3 is 5.97 Å². The number of aliphatic hydroxyl groups excluding tert-OH is 2. The summed E-state index contributed by atoms with van der Waals surface area (Å²) in [6.45, 7) is 12.3. The Morgan fingerprint density at radius 3 is 1.45 bits per heavy atom. The predicted molar refractivity (Wildman–Crippen MR) is 84.8 cm³/mol. The summed E-state index contributed by atoms with van der Waals surface area (Å²) in [6, 6.07) is 0. The van der Waals surface area contributed by atoms with E-state index in [2.05, 4.69) is 11.3 Å². The van der Waals surface area contributed by atoms with Gasteiger partial charge in [0.2, 0.25) is 0 Å². The lowest BCUT2D eigenvalue weighted by Crippen LogP contribution is -2.09. The molecule has 0 amide bonds. The summed E-state index contributed by atoms with van der Waals surface area (Å²) < 4.78 is 18.9. The molecule has 0 aromatic heterocycles. The van der Waals surface area contributed by atoms with E-state index in [4.69, 9.17) is 24.4 Å². The van der Waals surface area contributed by atoms with E-state index in [1.807, 2.05) is 13.8 Å². The Morgan fingerprint density at radius 2 is 1.32 bits per heavy atom. The van der Waals surface area contributed by atoms with Crippen LogP contribution < -0.4 is 0 Å². The summed E-state index contributed by atoms with van der Waals surface area (Å²) in [5, 5.41) is 16.5. The molecule has 7 nitrogen and oxygen atoms in total. The maximum Gasteiger partial charge on any atom is 0.332 e. The number of methoxy groups -OCH3 is 1. The predicted octanol–water partition coefficient (Wildman–Crippen LogP) is 0.783. The molecule has 0 saturated carbocycles. The number of hydrogen-bond donors (Lipinski definition) is 2. The second kappa shape index (κ2) is 25.0. The normalized spacial score (nSPS) is 9.00. The zero-order chi connectivity index (χ0) is 17.6. The van der Waals surface area contributed by atoms with Gasteiger partial charge in [-0.05, 0) is 20.8 Å². The number of ether oxygens (including phenoxy) is 4. The van der Waals surface area contributed by atoms with E-state index in [-0.39, 0.29) is 19.2 Å². The average molecular weight is 324 g/mol. The van der Waals surface area contributed by atoms with Gasteiger partial charge < -0.3 is 29.2 Å². The quantitative estimate of drug-likeness (QED) is 0.348. The summed E-state index contributed by atoms with van der Waals surface area (Å²) >= 11 is 0. The highest BCUT2D eigenvalue weighted by atomic mass is 16.5. The van der Waals surface area contributed by atoms with Gasteiger partial charge in [-0.2, -0.15) is 0 Å². The Hall–Kier alpha value is -0.990. The summed E-state index contributed by atoms with van der Waals surface area (Å²) in [7, 11) is 1.33. The molecule has 0 rings (SSSR count). The van der Waals surface area contributed by atoms with E-state index in [9.17, 15) is 4.79 Å². The summed E-state index contributed by atoms with van der Waals surface area (Å²) in [5.41, 5.74) is 0.433. The molecule has 0 aromatic carbocycles. The molecule has 0 aromatic rings. The van der Waals surface area contributed by atoms with Crippen molar-refractivity contribution in [2.24, 2.45) is 0 Å². The van der Waals surface area contributed by atoms with E-state index in [0.29, 0.717) is 32.0 Å². The molecule has 134 valence electrons. The Bertz CT molecular complexity index is 222. The maximum absolute atomic E-state index is 10.2. The molecule has 0 aliphatic heterocycles. The second-order valence-electron chi connectivity index (χ2n) is 3.73. The van der Waals surface area contributed by atoms with Crippen LogP contribution in [0.25, 0.3) is 0 Å². The van der Waals surface area contributed by atoms with E-state index in [0.717, 1.165) is 13.2 Å². The first-order valence-electron chi connectivity index (χ1n) is 7.20. The molecule has 0 aliphatic carbocycles. The minimum Gasteiger partial charge on any atom is -0.466 e. The van der Waals surface area contributed by atoms with E-state index >= 15 is 0 Å². The van der Waals surface area contributed by atoms with Crippen LogP contribution in [0.1, 0.15) is 20.8 Å². The van der Waals surface area contributed by atoms with Gasteiger partial charge in [-0.15, -0.1) is 0 Å². The van der Waals surface area contributed by atoms with Crippen molar-refractivity contribution in [3.63, 3.8) is 0 Å². The van der Waals surface area contributed by atoms with Crippen molar-refractivity contribution in [3.8, 4) is 0 Å². The summed E-state index contributed by atoms with van der Waals surface area (Å²) in [6.07, 6.45) is 0. The maximum atomic E-state index is 10.2. The van der Waals surface area contributed by atoms with Gasteiger partial charge in [-0.25, -0.2) is 4.79 Å². The fourth-order valence-corrected chi connectivity index (χ4v) is 0.829. The second-order valence-corrected chi connectivity index (χ2v) is 3.73. The molecular formula is C15H32O7. The van der Waals surface area contributed by atoms with Crippen LogP contribution in [0.3, 0.4) is 0 Å². The lowest BCUT2D eigenvalue weighted by atomic mass is 10.4. The molecule has 0 heterocycles. The Morgan fingerprint density at radius 1 is 0.909 bits per heavy atom. The first kappa shape index (κ1) is 25.9. The standard InChI is InChI=1S/C6H14O4.C5H8O2.C4H10O/c7-1-3-9-5-6-10-4-2-8;1-4(2)5(6)7-3;1-3-5-4-2/h7-8H,1-6H2;1H2,2-3H3;3-4H2,1-2H3. The number of carbonyl (C=O) groups is 1.